The van der Waals surface area contributed by atoms with Crippen LogP contribution in [0.15, 0.2) is 24.3 Å². The van der Waals surface area contributed by atoms with Crippen LogP contribution in [-0.2, 0) is 7.05 Å². The summed E-state index contributed by atoms with van der Waals surface area (Å²) in [6.45, 7) is 5.40. The van der Waals surface area contributed by atoms with Crippen molar-refractivity contribution in [2.45, 2.75) is 26.8 Å². The van der Waals surface area contributed by atoms with E-state index in [1.807, 2.05) is 20.0 Å². The maximum absolute atomic E-state index is 13.9. The van der Waals surface area contributed by atoms with Crippen LogP contribution in [0.25, 0.3) is 0 Å². The minimum atomic E-state index is -0.627. The van der Waals surface area contributed by atoms with Gasteiger partial charge in [-0.25, -0.2) is 8.78 Å². The molecule has 1 unspecified atom stereocenters. The Morgan fingerprint density at radius 1 is 1.04 bits per heavy atom. The zero-order valence-electron chi connectivity index (χ0n) is 14.9. The lowest BCUT2D eigenvalue weighted by atomic mass is 10.1. The largest absolute Gasteiger partial charge is 0.347 e. The van der Waals surface area contributed by atoms with E-state index in [0.717, 1.165) is 11.8 Å². The number of nitrogens with zero attached hydrogens (tertiary/aromatic N) is 5. The fraction of sp³-hybridized carbons (Fsp3) is 0.294. The molecule has 2 N–H and O–H groups in total. The van der Waals surface area contributed by atoms with E-state index in [-0.39, 0.29) is 5.95 Å². The molecule has 7 nitrogen and oxygen atoms in total. The lowest BCUT2D eigenvalue weighted by Crippen LogP contribution is -2.13. The molecule has 26 heavy (non-hydrogen) atoms. The predicted octanol–water partition coefficient (Wildman–Crippen LogP) is 3.42. The van der Waals surface area contributed by atoms with E-state index in [4.69, 9.17) is 0 Å². The molecule has 0 aliphatic heterocycles. The zero-order valence-corrected chi connectivity index (χ0v) is 14.9. The van der Waals surface area contributed by atoms with Gasteiger partial charge in [0.2, 0.25) is 11.9 Å². The van der Waals surface area contributed by atoms with Gasteiger partial charge in [0.05, 0.1) is 6.04 Å². The second-order valence-electron chi connectivity index (χ2n) is 5.98. The van der Waals surface area contributed by atoms with E-state index in [9.17, 15) is 8.78 Å². The van der Waals surface area contributed by atoms with Crippen molar-refractivity contribution >= 4 is 17.7 Å². The van der Waals surface area contributed by atoms with Crippen LogP contribution < -0.4 is 10.6 Å². The SMILES string of the molecule is Cc1nc(Nc2cc(C)n(C)n2)nc(NC(C)c2ccc(F)cc2F)n1. The Balaban J connectivity index is 1.80. The molecule has 0 bridgehead atoms. The average Bonchev–Trinajstić information content (AvgIpc) is 2.84. The lowest BCUT2D eigenvalue weighted by molar-refractivity contribution is 0.566. The van der Waals surface area contributed by atoms with Gasteiger partial charge in [-0.15, -0.1) is 0 Å². The molecule has 0 saturated heterocycles. The third-order valence-corrected chi connectivity index (χ3v) is 3.88. The molecule has 3 aromatic rings. The highest BCUT2D eigenvalue weighted by Crippen LogP contribution is 2.22. The van der Waals surface area contributed by atoms with Gasteiger partial charge in [0.1, 0.15) is 17.5 Å². The maximum Gasteiger partial charge on any atom is 0.233 e. The molecule has 2 aromatic heterocycles. The summed E-state index contributed by atoms with van der Waals surface area (Å²) in [6, 6.07) is 4.87. The van der Waals surface area contributed by atoms with Crippen LogP contribution in [0.2, 0.25) is 0 Å². The number of aryl methyl sites for hydroxylation is 3. The van der Waals surface area contributed by atoms with E-state index in [2.05, 4.69) is 30.7 Å². The molecular weight excluding hydrogens is 340 g/mol. The quantitative estimate of drug-likeness (QED) is 0.727. The third-order valence-electron chi connectivity index (χ3n) is 3.88. The van der Waals surface area contributed by atoms with Crippen molar-refractivity contribution in [3.8, 4) is 0 Å². The zero-order chi connectivity index (χ0) is 18.8. The highest BCUT2D eigenvalue weighted by Gasteiger charge is 2.14. The van der Waals surface area contributed by atoms with E-state index in [1.54, 1.807) is 18.5 Å². The van der Waals surface area contributed by atoms with Gasteiger partial charge in [-0.05, 0) is 26.8 Å². The lowest BCUT2D eigenvalue weighted by Gasteiger charge is -2.15. The van der Waals surface area contributed by atoms with Gasteiger partial charge in [-0.2, -0.15) is 20.1 Å². The van der Waals surface area contributed by atoms with Crippen molar-refractivity contribution in [2.24, 2.45) is 7.05 Å². The Hall–Kier alpha value is -3.10. The Labute approximate surface area is 149 Å². The van der Waals surface area contributed by atoms with Crippen LogP contribution in [-0.4, -0.2) is 24.7 Å². The Bertz CT molecular complexity index is 919. The second kappa shape index (κ2) is 7.03. The number of aromatic nitrogens is 5. The molecule has 0 fully saturated rings. The Morgan fingerprint density at radius 2 is 1.77 bits per heavy atom. The van der Waals surface area contributed by atoms with E-state index < -0.39 is 17.7 Å². The predicted molar refractivity (Wildman–Crippen MR) is 94.2 cm³/mol. The van der Waals surface area contributed by atoms with Crippen molar-refractivity contribution in [1.29, 1.82) is 0 Å². The highest BCUT2D eigenvalue weighted by molar-refractivity contribution is 5.49. The molecule has 1 atom stereocenters. The normalized spacial score (nSPS) is 12.1. The fourth-order valence-electron chi connectivity index (χ4n) is 2.46. The van der Waals surface area contributed by atoms with Crippen LogP contribution in [0, 0.1) is 25.5 Å². The molecule has 0 saturated carbocycles. The smallest absolute Gasteiger partial charge is 0.233 e. The molecule has 0 amide bonds. The summed E-state index contributed by atoms with van der Waals surface area (Å²) in [5.41, 5.74) is 1.30. The summed E-state index contributed by atoms with van der Waals surface area (Å²) in [5.74, 6) is 0.460. The Morgan fingerprint density at radius 3 is 2.42 bits per heavy atom. The average molecular weight is 359 g/mol. The molecule has 0 aliphatic carbocycles. The van der Waals surface area contributed by atoms with Gasteiger partial charge >= 0.3 is 0 Å². The molecule has 3 rings (SSSR count). The number of hydrogen-bond acceptors (Lipinski definition) is 6. The number of halogens is 2. The summed E-state index contributed by atoms with van der Waals surface area (Å²) in [7, 11) is 1.84. The molecule has 136 valence electrons. The maximum atomic E-state index is 13.9. The van der Waals surface area contributed by atoms with Crippen LogP contribution in [0.1, 0.15) is 30.0 Å². The fourth-order valence-corrected chi connectivity index (χ4v) is 2.46. The summed E-state index contributed by atoms with van der Waals surface area (Å²) in [5, 5.41) is 10.3. The first-order chi connectivity index (χ1) is 12.3. The van der Waals surface area contributed by atoms with Crippen molar-refractivity contribution in [3.63, 3.8) is 0 Å². The summed E-state index contributed by atoms with van der Waals surface area (Å²) in [4.78, 5) is 12.7. The van der Waals surface area contributed by atoms with E-state index >= 15 is 0 Å². The first-order valence-corrected chi connectivity index (χ1v) is 8.03. The van der Waals surface area contributed by atoms with Crippen molar-refractivity contribution in [2.75, 3.05) is 10.6 Å². The summed E-state index contributed by atoms with van der Waals surface area (Å²) >= 11 is 0. The van der Waals surface area contributed by atoms with E-state index in [1.165, 1.54) is 12.1 Å². The van der Waals surface area contributed by atoms with Crippen LogP contribution in [0.3, 0.4) is 0 Å². The number of benzene rings is 1. The molecule has 0 radical (unpaired) electrons. The van der Waals surface area contributed by atoms with Gasteiger partial charge in [0, 0.05) is 30.4 Å². The molecule has 9 heteroatoms. The van der Waals surface area contributed by atoms with Crippen LogP contribution in [0.5, 0.6) is 0 Å². The second-order valence-corrected chi connectivity index (χ2v) is 5.98. The van der Waals surface area contributed by atoms with Gasteiger partial charge in [-0.1, -0.05) is 6.07 Å². The topological polar surface area (TPSA) is 80.5 Å². The Kier molecular flexibility index (Phi) is 4.79. The van der Waals surface area contributed by atoms with Crippen molar-refractivity contribution in [3.05, 3.63) is 53.0 Å². The van der Waals surface area contributed by atoms with Crippen LogP contribution >= 0.6 is 0 Å². The molecule has 0 aliphatic rings. The number of nitrogens with one attached hydrogen (secondary N) is 2. The van der Waals surface area contributed by atoms with Crippen molar-refractivity contribution in [1.82, 2.24) is 24.7 Å². The third kappa shape index (κ3) is 3.93. The first-order valence-electron chi connectivity index (χ1n) is 8.03. The first kappa shape index (κ1) is 17.7. The van der Waals surface area contributed by atoms with Crippen LogP contribution in [0.4, 0.5) is 26.5 Å². The van der Waals surface area contributed by atoms with Crippen molar-refractivity contribution < 1.29 is 8.78 Å². The van der Waals surface area contributed by atoms with Gasteiger partial charge in [0.15, 0.2) is 5.82 Å². The molecule has 0 spiro atoms. The standard InChI is InChI=1S/C17H19F2N7/c1-9-7-15(25-26(9)4)23-17-22-11(3)21-16(24-17)20-10(2)13-6-5-12(18)8-14(13)19/h5-8,10H,1-4H3,(H2,20,21,22,23,24,25). The number of hydrogen-bond donors (Lipinski definition) is 2. The minimum Gasteiger partial charge on any atom is -0.347 e. The summed E-state index contributed by atoms with van der Waals surface area (Å²) in [6.07, 6.45) is 0. The molecule has 1 aromatic carbocycles. The number of anilines is 3. The van der Waals surface area contributed by atoms with E-state index in [0.29, 0.717) is 23.2 Å². The van der Waals surface area contributed by atoms with Gasteiger partial charge in [0.25, 0.3) is 0 Å². The highest BCUT2D eigenvalue weighted by atomic mass is 19.1. The minimum absolute atomic E-state index is 0.281. The molecular formula is C17H19F2N7. The van der Waals surface area contributed by atoms with Gasteiger partial charge in [-0.3, -0.25) is 4.68 Å². The summed E-state index contributed by atoms with van der Waals surface area (Å²) < 4.78 is 28.7. The monoisotopic (exact) mass is 359 g/mol. The van der Waals surface area contributed by atoms with Gasteiger partial charge < -0.3 is 10.6 Å². The molecule has 2 heterocycles. The number of rotatable bonds is 5.